The molecule has 0 aromatic heterocycles. The van der Waals surface area contributed by atoms with Crippen LogP contribution in [0.5, 0.6) is 0 Å². The molecule has 0 spiro atoms. The molecule has 0 aliphatic heterocycles. The lowest BCUT2D eigenvalue weighted by Crippen LogP contribution is -2.10. The van der Waals surface area contributed by atoms with E-state index >= 15 is 0 Å². The van der Waals surface area contributed by atoms with Crippen molar-refractivity contribution in [3.63, 3.8) is 0 Å². The number of benzene rings is 1. The van der Waals surface area contributed by atoms with Gasteiger partial charge in [-0.15, -0.1) is 0 Å². The van der Waals surface area contributed by atoms with Gasteiger partial charge in [0.2, 0.25) is 0 Å². The fraction of sp³-hybridized carbons (Fsp3) is 0.125. The second-order valence-corrected chi connectivity index (χ2v) is 4.60. The predicted molar refractivity (Wildman–Crippen MR) is 51.0 cm³/mol. The Bertz CT molecular complexity index is 412. The van der Waals surface area contributed by atoms with Crippen LogP contribution < -0.4 is 0 Å². The largest absolute Gasteiger partial charge is 0.403 e. The molecule has 0 N–H and O–H groups in total. The quantitative estimate of drug-likeness (QED) is 0.739. The van der Waals surface area contributed by atoms with Crippen LogP contribution in [0.4, 0.5) is 0 Å². The minimum absolute atomic E-state index is 0.118. The summed E-state index contributed by atoms with van der Waals surface area (Å²) in [6, 6.07) is 8.62. The number of halogens is 1. The standard InChI is InChI=1S/C8H7ClO4S/c9-14(11,12)13-8(10)6-7-4-2-1-3-5-7/h1-5H,6H2. The van der Waals surface area contributed by atoms with Crippen molar-refractivity contribution in [3.8, 4) is 0 Å². The van der Waals surface area contributed by atoms with Crippen molar-refractivity contribution in [2.45, 2.75) is 6.42 Å². The second kappa shape index (κ2) is 4.43. The molecule has 1 aromatic rings. The minimum Gasteiger partial charge on any atom is -0.334 e. The summed E-state index contributed by atoms with van der Waals surface area (Å²) in [5.41, 5.74) is 0.665. The Morgan fingerprint density at radius 2 is 1.86 bits per heavy atom. The van der Waals surface area contributed by atoms with Gasteiger partial charge in [0.1, 0.15) is 0 Å². The van der Waals surface area contributed by atoms with E-state index in [9.17, 15) is 13.2 Å². The van der Waals surface area contributed by atoms with Gasteiger partial charge in [-0.3, -0.25) is 4.79 Å². The van der Waals surface area contributed by atoms with Crippen molar-refractivity contribution in [2.24, 2.45) is 0 Å². The fourth-order valence-electron chi connectivity index (χ4n) is 0.903. The van der Waals surface area contributed by atoms with Gasteiger partial charge in [0.15, 0.2) is 0 Å². The first-order valence-corrected chi connectivity index (χ1v) is 5.91. The van der Waals surface area contributed by atoms with Crippen molar-refractivity contribution in [1.82, 2.24) is 0 Å². The lowest BCUT2D eigenvalue weighted by atomic mass is 10.2. The third-order valence-electron chi connectivity index (χ3n) is 1.38. The Balaban J connectivity index is 2.59. The first kappa shape index (κ1) is 11.0. The van der Waals surface area contributed by atoms with Crippen LogP contribution in [0.25, 0.3) is 0 Å². The highest BCUT2D eigenvalue weighted by Gasteiger charge is 2.13. The van der Waals surface area contributed by atoms with Crippen LogP contribution in [0, 0.1) is 0 Å². The summed E-state index contributed by atoms with van der Waals surface area (Å²) >= 11 is 0. The molecule has 4 nitrogen and oxygen atoms in total. The van der Waals surface area contributed by atoms with Gasteiger partial charge in [-0.05, 0) is 5.56 Å². The summed E-state index contributed by atoms with van der Waals surface area (Å²) in [4.78, 5) is 10.9. The Morgan fingerprint density at radius 3 is 2.36 bits per heavy atom. The minimum atomic E-state index is -4.22. The van der Waals surface area contributed by atoms with Gasteiger partial charge in [0.25, 0.3) is 0 Å². The summed E-state index contributed by atoms with van der Waals surface area (Å²) < 4.78 is 24.6. The normalized spacial score (nSPS) is 10.9. The van der Waals surface area contributed by atoms with Crippen LogP contribution >= 0.6 is 10.7 Å². The van der Waals surface area contributed by atoms with E-state index in [-0.39, 0.29) is 6.42 Å². The number of carbonyl (C=O) groups is 1. The van der Waals surface area contributed by atoms with E-state index in [1.165, 1.54) is 0 Å². The van der Waals surface area contributed by atoms with Crippen LogP contribution in [-0.4, -0.2) is 14.4 Å². The van der Waals surface area contributed by atoms with Crippen LogP contribution in [0.1, 0.15) is 5.56 Å². The molecular formula is C8H7ClO4S. The summed E-state index contributed by atoms with van der Waals surface area (Å²) in [6.07, 6.45) is -0.118. The summed E-state index contributed by atoms with van der Waals surface area (Å²) in [7, 11) is 0.503. The predicted octanol–water partition coefficient (Wildman–Crippen LogP) is 1.26. The lowest BCUT2D eigenvalue weighted by molar-refractivity contribution is -0.132. The van der Waals surface area contributed by atoms with Crippen molar-refractivity contribution < 1.29 is 17.4 Å². The molecule has 6 heteroatoms. The van der Waals surface area contributed by atoms with Crippen molar-refractivity contribution in [2.75, 3.05) is 0 Å². The highest BCUT2D eigenvalue weighted by Crippen LogP contribution is 2.05. The van der Waals surface area contributed by atoms with Crippen molar-refractivity contribution >= 4 is 26.0 Å². The van der Waals surface area contributed by atoms with E-state index in [4.69, 9.17) is 10.7 Å². The average Bonchev–Trinajstić information content (AvgIpc) is 2.02. The van der Waals surface area contributed by atoms with E-state index in [0.717, 1.165) is 0 Å². The van der Waals surface area contributed by atoms with E-state index < -0.39 is 15.3 Å². The second-order valence-electron chi connectivity index (χ2n) is 2.51. The Hall–Kier alpha value is -1.07. The average molecular weight is 235 g/mol. The molecule has 14 heavy (non-hydrogen) atoms. The highest BCUT2D eigenvalue weighted by atomic mass is 35.7. The molecule has 0 atom stereocenters. The molecule has 76 valence electrons. The molecule has 0 bridgehead atoms. The number of hydrogen-bond donors (Lipinski definition) is 0. The molecule has 1 aromatic carbocycles. The SMILES string of the molecule is O=C(Cc1ccccc1)OS(=O)(=O)Cl. The first-order chi connectivity index (χ1) is 6.47. The monoisotopic (exact) mass is 234 g/mol. The van der Waals surface area contributed by atoms with Gasteiger partial charge in [-0.2, -0.15) is 8.42 Å². The number of hydrogen-bond acceptors (Lipinski definition) is 4. The molecule has 0 aliphatic rings. The molecule has 0 saturated heterocycles. The molecule has 0 fully saturated rings. The van der Waals surface area contributed by atoms with Gasteiger partial charge in [0, 0.05) is 0 Å². The summed E-state index contributed by atoms with van der Waals surface area (Å²) in [6.45, 7) is 0. The van der Waals surface area contributed by atoms with Gasteiger partial charge < -0.3 is 4.18 Å². The maximum atomic E-state index is 10.9. The van der Waals surface area contributed by atoms with Crippen LogP contribution in [0.3, 0.4) is 0 Å². The molecular weight excluding hydrogens is 228 g/mol. The van der Waals surface area contributed by atoms with E-state index in [2.05, 4.69) is 4.18 Å². The number of rotatable bonds is 3. The lowest BCUT2D eigenvalue weighted by Gasteiger charge is -1.99. The van der Waals surface area contributed by atoms with Gasteiger partial charge in [-0.25, -0.2) is 0 Å². The molecule has 0 aliphatic carbocycles. The molecule has 0 unspecified atom stereocenters. The zero-order valence-electron chi connectivity index (χ0n) is 7.01. The van der Waals surface area contributed by atoms with Crippen molar-refractivity contribution in [1.29, 1.82) is 0 Å². The maximum Gasteiger partial charge on any atom is 0.403 e. The van der Waals surface area contributed by atoms with Crippen molar-refractivity contribution in [3.05, 3.63) is 35.9 Å². The van der Waals surface area contributed by atoms with Crippen LogP contribution in [0.15, 0.2) is 30.3 Å². The molecule has 1 rings (SSSR count). The first-order valence-electron chi connectivity index (χ1n) is 3.68. The zero-order valence-corrected chi connectivity index (χ0v) is 8.59. The van der Waals surface area contributed by atoms with Crippen LogP contribution in [0.2, 0.25) is 0 Å². The summed E-state index contributed by atoms with van der Waals surface area (Å²) in [5.74, 6) is -0.897. The Labute approximate surface area is 86.1 Å². The topological polar surface area (TPSA) is 60.4 Å². The highest BCUT2D eigenvalue weighted by molar-refractivity contribution is 8.10. The maximum absolute atomic E-state index is 10.9. The smallest absolute Gasteiger partial charge is 0.334 e. The van der Waals surface area contributed by atoms with E-state index in [0.29, 0.717) is 5.56 Å². The Morgan fingerprint density at radius 1 is 1.29 bits per heavy atom. The van der Waals surface area contributed by atoms with Gasteiger partial charge >= 0.3 is 15.3 Å². The summed E-state index contributed by atoms with van der Waals surface area (Å²) in [5, 5.41) is 0. The fourth-order valence-corrected chi connectivity index (χ4v) is 1.39. The van der Waals surface area contributed by atoms with E-state index in [1.54, 1.807) is 30.3 Å². The van der Waals surface area contributed by atoms with Gasteiger partial charge in [-0.1, -0.05) is 30.3 Å². The zero-order chi connectivity index (χ0) is 10.6. The van der Waals surface area contributed by atoms with Crippen LogP contribution in [-0.2, 0) is 24.7 Å². The molecule has 0 saturated carbocycles. The molecule has 0 heterocycles. The Kier molecular flexibility index (Phi) is 3.49. The number of carbonyl (C=O) groups excluding carboxylic acids is 1. The van der Waals surface area contributed by atoms with E-state index in [1.807, 2.05) is 0 Å². The molecule has 0 amide bonds. The van der Waals surface area contributed by atoms with Gasteiger partial charge in [0.05, 0.1) is 17.1 Å². The molecule has 0 radical (unpaired) electrons. The third kappa shape index (κ3) is 4.25. The third-order valence-corrected chi connectivity index (χ3v) is 1.96.